The fourth-order valence-corrected chi connectivity index (χ4v) is 2.81. The number of likely N-dealkylation sites (N-methyl/N-ethyl adjacent to an activating group) is 1. The zero-order valence-electron chi connectivity index (χ0n) is 13.0. The summed E-state index contributed by atoms with van der Waals surface area (Å²) in [5.74, 6) is 0. The molecule has 0 aromatic heterocycles. The highest BCUT2D eigenvalue weighted by Crippen LogP contribution is 2.28. The minimum atomic E-state index is -0.322. The summed E-state index contributed by atoms with van der Waals surface area (Å²) >= 11 is 0. The van der Waals surface area contributed by atoms with E-state index in [0.29, 0.717) is 6.04 Å². The number of benzene rings is 1. The Bertz CT molecular complexity index is 506. The van der Waals surface area contributed by atoms with Crippen LogP contribution in [-0.2, 0) is 0 Å². The van der Waals surface area contributed by atoms with Crippen LogP contribution in [0.3, 0.4) is 0 Å². The first-order valence-corrected chi connectivity index (χ1v) is 7.53. The molecule has 0 bridgehead atoms. The summed E-state index contributed by atoms with van der Waals surface area (Å²) in [6, 6.07) is 5.79. The Kier molecular flexibility index (Phi) is 5.01. The summed E-state index contributed by atoms with van der Waals surface area (Å²) < 4.78 is 0. The zero-order valence-corrected chi connectivity index (χ0v) is 13.0. The molecule has 6 nitrogen and oxygen atoms in total. The summed E-state index contributed by atoms with van der Waals surface area (Å²) in [4.78, 5) is 15.4. The minimum absolute atomic E-state index is 0.149. The first kappa shape index (κ1) is 15.6. The Morgan fingerprint density at radius 3 is 2.71 bits per heavy atom. The lowest BCUT2D eigenvalue weighted by Crippen LogP contribution is -2.51. The van der Waals surface area contributed by atoms with Crippen molar-refractivity contribution in [3.63, 3.8) is 0 Å². The van der Waals surface area contributed by atoms with Gasteiger partial charge in [-0.3, -0.25) is 15.0 Å². The number of nitro groups is 1. The Morgan fingerprint density at radius 2 is 2.10 bits per heavy atom. The summed E-state index contributed by atoms with van der Waals surface area (Å²) in [6.07, 6.45) is 1.09. The first-order valence-electron chi connectivity index (χ1n) is 7.53. The molecule has 0 radical (unpaired) electrons. The molecule has 1 aliphatic rings. The smallest absolute Gasteiger partial charge is 0.273 e. The van der Waals surface area contributed by atoms with Gasteiger partial charge in [-0.2, -0.15) is 0 Å². The Morgan fingerprint density at radius 1 is 1.33 bits per heavy atom. The Balaban J connectivity index is 2.27. The van der Waals surface area contributed by atoms with Crippen LogP contribution in [0.4, 0.5) is 17.1 Å². The molecule has 0 aliphatic carbocycles. The second-order valence-electron chi connectivity index (χ2n) is 5.51. The van der Waals surface area contributed by atoms with Crippen molar-refractivity contribution in [3.05, 3.63) is 28.3 Å². The van der Waals surface area contributed by atoms with Crippen molar-refractivity contribution in [1.82, 2.24) is 4.90 Å². The van der Waals surface area contributed by atoms with E-state index in [0.717, 1.165) is 44.0 Å². The van der Waals surface area contributed by atoms with Gasteiger partial charge in [0.15, 0.2) is 0 Å². The summed E-state index contributed by atoms with van der Waals surface area (Å²) in [6.45, 7) is 7.72. The molecule has 1 heterocycles. The van der Waals surface area contributed by atoms with Crippen molar-refractivity contribution in [3.8, 4) is 0 Å². The third-order valence-electron chi connectivity index (χ3n) is 4.11. The van der Waals surface area contributed by atoms with Crippen LogP contribution >= 0.6 is 0 Å². The van der Waals surface area contributed by atoms with E-state index in [2.05, 4.69) is 29.1 Å². The molecule has 21 heavy (non-hydrogen) atoms. The molecule has 0 amide bonds. The highest BCUT2D eigenvalue weighted by molar-refractivity contribution is 5.64. The van der Waals surface area contributed by atoms with E-state index in [4.69, 9.17) is 0 Å². The van der Waals surface area contributed by atoms with E-state index >= 15 is 0 Å². The van der Waals surface area contributed by atoms with Gasteiger partial charge in [-0.25, -0.2) is 0 Å². The lowest BCUT2D eigenvalue weighted by atomic mass is 10.1. The van der Waals surface area contributed by atoms with Gasteiger partial charge in [0.25, 0.3) is 5.69 Å². The van der Waals surface area contributed by atoms with E-state index in [9.17, 15) is 10.1 Å². The largest absolute Gasteiger partial charge is 0.385 e. The van der Waals surface area contributed by atoms with Crippen molar-refractivity contribution < 1.29 is 4.92 Å². The number of non-ortho nitro benzene ring substituents is 1. The molecule has 2 rings (SSSR count). The van der Waals surface area contributed by atoms with Crippen molar-refractivity contribution in [2.75, 3.05) is 43.4 Å². The predicted octanol–water partition coefficient (Wildman–Crippen LogP) is 2.56. The van der Waals surface area contributed by atoms with Gasteiger partial charge in [-0.05, 0) is 26.5 Å². The standard InChI is InChI=1S/C15H24N4O2/c1-4-13-11-18(7-6-17(13)3)14-8-12(16-5-2)9-15(10-14)19(20)21/h8-10,13,16H,4-7,11H2,1-3H3. The highest BCUT2D eigenvalue weighted by atomic mass is 16.6. The van der Waals surface area contributed by atoms with Gasteiger partial charge in [0.2, 0.25) is 0 Å². The average molecular weight is 292 g/mol. The number of hydrogen-bond acceptors (Lipinski definition) is 5. The number of nitrogens with one attached hydrogen (secondary N) is 1. The number of hydrogen-bond donors (Lipinski definition) is 1. The Hall–Kier alpha value is -1.82. The van der Waals surface area contributed by atoms with E-state index < -0.39 is 0 Å². The van der Waals surface area contributed by atoms with Crippen LogP contribution in [0.1, 0.15) is 20.3 Å². The van der Waals surface area contributed by atoms with Crippen molar-refractivity contribution in [2.24, 2.45) is 0 Å². The second kappa shape index (κ2) is 6.76. The van der Waals surface area contributed by atoms with Crippen molar-refractivity contribution in [1.29, 1.82) is 0 Å². The topological polar surface area (TPSA) is 61.6 Å². The minimum Gasteiger partial charge on any atom is -0.385 e. The number of rotatable bonds is 5. The summed E-state index contributed by atoms with van der Waals surface area (Å²) in [7, 11) is 2.14. The van der Waals surface area contributed by atoms with Crippen LogP contribution in [0, 0.1) is 10.1 Å². The third kappa shape index (κ3) is 3.64. The predicted molar refractivity (Wildman–Crippen MR) is 86.2 cm³/mol. The molecule has 1 saturated heterocycles. The SMILES string of the molecule is CCNc1cc(N2CCN(C)C(CC)C2)cc([N+](=O)[O-])c1. The van der Waals surface area contributed by atoms with E-state index in [1.807, 2.05) is 13.0 Å². The van der Waals surface area contributed by atoms with Gasteiger partial charge < -0.3 is 10.2 Å². The molecule has 1 N–H and O–H groups in total. The monoisotopic (exact) mass is 292 g/mol. The van der Waals surface area contributed by atoms with Crippen LogP contribution in [0.25, 0.3) is 0 Å². The molecular formula is C15H24N4O2. The van der Waals surface area contributed by atoms with Gasteiger partial charge in [-0.15, -0.1) is 0 Å². The molecule has 1 atom stereocenters. The zero-order chi connectivity index (χ0) is 15.4. The van der Waals surface area contributed by atoms with Crippen LogP contribution in [0.5, 0.6) is 0 Å². The first-order chi connectivity index (χ1) is 10.0. The highest BCUT2D eigenvalue weighted by Gasteiger charge is 2.24. The van der Waals surface area contributed by atoms with Crippen molar-refractivity contribution >= 4 is 17.1 Å². The van der Waals surface area contributed by atoms with Gasteiger partial charge in [0.05, 0.1) is 4.92 Å². The maximum atomic E-state index is 11.1. The molecule has 6 heteroatoms. The van der Waals surface area contributed by atoms with Gasteiger partial charge in [0, 0.05) is 55.7 Å². The molecule has 1 aromatic rings. The molecule has 1 fully saturated rings. The normalized spacial score (nSPS) is 19.6. The number of anilines is 2. The Labute approximate surface area is 125 Å². The van der Waals surface area contributed by atoms with Crippen LogP contribution < -0.4 is 10.2 Å². The van der Waals surface area contributed by atoms with Crippen LogP contribution in [0.15, 0.2) is 18.2 Å². The van der Waals surface area contributed by atoms with E-state index in [1.165, 1.54) is 0 Å². The molecular weight excluding hydrogens is 268 g/mol. The third-order valence-corrected chi connectivity index (χ3v) is 4.11. The van der Waals surface area contributed by atoms with Gasteiger partial charge in [0.1, 0.15) is 0 Å². The molecule has 1 aromatic carbocycles. The number of nitro benzene ring substituents is 1. The lowest BCUT2D eigenvalue weighted by Gasteiger charge is -2.40. The second-order valence-corrected chi connectivity index (χ2v) is 5.51. The molecule has 1 aliphatic heterocycles. The van der Waals surface area contributed by atoms with E-state index in [1.54, 1.807) is 12.1 Å². The van der Waals surface area contributed by atoms with Gasteiger partial charge >= 0.3 is 0 Å². The molecule has 0 spiro atoms. The molecule has 116 valence electrons. The fourth-order valence-electron chi connectivity index (χ4n) is 2.81. The van der Waals surface area contributed by atoms with Crippen LogP contribution in [0.2, 0.25) is 0 Å². The van der Waals surface area contributed by atoms with Gasteiger partial charge in [-0.1, -0.05) is 6.92 Å². The fraction of sp³-hybridized carbons (Fsp3) is 0.600. The maximum absolute atomic E-state index is 11.1. The number of piperazine rings is 1. The quantitative estimate of drug-likeness (QED) is 0.667. The average Bonchev–Trinajstić information content (AvgIpc) is 2.47. The lowest BCUT2D eigenvalue weighted by molar-refractivity contribution is -0.384. The molecule has 1 unspecified atom stereocenters. The molecule has 0 saturated carbocycles. The summed E-state index contributed by atoms with van der Waals surface area (Å²) in [5, 5.41) is 14.3. The van der Waals surface area contributed by atoms with E-state index in [-0.39, 0.29) is 10.6 Å². The summed E-state index contributed by atoms with van der Waals surface area (Å²) in [5.41, 5.74) is 1.90. The van der Waals surface area contributed by atoms with Crippen molar-refractivity contribution in [2.45, 2.75) is 26.3 Å². The van der Waals surface area contributed by atoms with Crippen LogP contribution in [-0.4, -0.2) is 49.1 Å². The number of nitrogens with zero attached hydrogens (tertiary/aromatic N) is 3. The maximum Gasteiger partial charge on any atom is 0.273 e.